The van der Waals surface area contributed by atoms with Crippen LogP contribution < -0.4 is 10.1 Å². The number of aryl methyl sites for hydroxylation is 1. The van der Waals surface area contributed by atoms with Crippen molar-refractivity contribution in [1.29, 1.82) is 0 Å². The molecule has 1 atom stereocenters. The number of hydrogen-bond acceptors (Lipinski definition) is 5. The maximum Gasteiger partial charge on any atom is 0.234 e. The van der Waals surface area contributed by atoms with Crippen molar-refractivity contribution in [2.75, 3.05) is 11.1 Å². The number of ether oxygens (including phenoxy) is 1. The van der Waals surface area contributed by atoms with E-state index in [0.29, 0.717) is 11.0 Å². The third-order valence-electron chi connectivity index (χ3n) is 4.46. The molecule has 0 aliphatic rings. The van der Waals surface area contributed by atoms with Crippen molar-refractivity contribution in [2.45, 2.75) is 45.0 Å². The summed E-state index contributed by atoms with van der Waals surface area (Å²) < 4.78 is 21.6. The lowest BCUT2D eigenvalue weighted by atomic mass is 10.2. The van der Waals surface area contributed by atoms with Crippen LogP contribution in [0.15, 0.2) is 53.7 Å². The molecule has 0 fully saturated rings. The van der Waals surface area contributed by atoms with Crippen LogP contribution in [0.2, 0.25) is 0 Å². The fraction of sp³-hybridized carbons (Fsp3) is 0.318. The number of halogens is 1. The Balaban J connectivity index is 1.70. The minimum absolute atomic E-state index is 0.0450. The summed E-state index contributed by atoms with van der Waals surface area (Å²) in [6.07, 6.45) is -0.507. The van der Waals surface area contributed by atoms with Gasteiger partial charge in [0.25, 0.3) is 0 Å². The van der Waals surface area contributed by atoms with Crippen LogP contribution in [0.25, 0.3) is 0 Å². The van der Waals surface area contributed by atoms with Crippen LogP contribution in [-0.4, -0.2) is 26.4 Å². The number of amides is 1. The van der Waals surface area contributed by atoms with Crippen molar-refractivity contribution in [1.82, 2.24) is 14.8 Å². The van der Waals surface area contributed by atoms with Crippen molar-refractivity contribution >= 4 is 23.4 Å². The van der Waals surface area contributed by atoms with E-state index in [9.17, 15) is 9.18 Å². The standard InChI is InChI=1S/C22H25FN4O2S/c1-14(2)27-21(16(4)29-19-12-8-6-10-17(19)23)25-26-22(27)30-13-20(28)24-18-11-7-5-9-15(18)3/h5-12,14,16H,13H2,1-4H3,(H,24,28). The first-order chi connectivity index (χ1) is 14.4. The lowest BCUT2D eigenvalue weighted by molar-refractivity contribution is -0.113. The Hall–Kier alpha value is -2.87. The summed E-state index contributed by atoms with van der Waals surface area (Å²) in [6, 6.07) is 13.9. The Morgan fingerprint density at radius 3 is 2.53 bits per heavy atom. The summed E-state index contributed by atoms with van der Waals surface area (Å²) in [5, 5.41) is 12.0. The molecular formula is C22H25FN4O2S. The number of benzene rings is 2. The van der Waals surface area contributed by atoms with Crippen LogP contribution in [0.5, 0.6) is 5.75 Å². The van der Waals surface area contributed by atoms with Crippen molar-refractivity contribution in [3.8, 4) is 5.75 Å². The van der Waals surface area contributed by atoms with E-state index in [2.05, 4.69) is 15.5 Å². The number of para-hydroxylation sites is 2. The second-order valence-electron chi connectivity index (χ2n) is 7.15. The molecule has 0 saturated carbocycles. The number of hydrogen-bond donors (Lipinski definition) is 1. The predicted octanol–water partition coefficient (Wildman–Crippen LogP) is 5.18. The topological polar surface area (TPSA) is 69.0 Å². The average molecular weight is 429 g/mol. The number of carbonyl (C=O) groups excluding carboxylic acids is 1. The van der Waals surface area contributed by atoms with Crippen LogP contribution >= 0.6 is 11.8 Å². The molecule has 1 heterocycles. The van der Waals surface area contributed by atoms with Crippen LogP contribution in [0.3, 0.4) is 0 Å². The Labute approximate surface area is 179 Å². The minimum Gasteiger partial charge on any atom is -0.480 e. The minimum atomic E-state index is -0.507. The Morgan fingerprint density at radius 2 is 1.83 bits per heavy atom. The quantitative estimate of drug-likeness (QED) is 0.501. The summed E-state index contributed by atoms with van der Waals surface area (Å²) in [5.74, 6) is 0.388. The highest BCUT2D eigenvalue weighted by Gasteiger charge is 2.22. The molecule has 6 nitrogen and oxygen atoms in total. The third-order valence-corrected chi connectivity index (χ3v) is 5.41. The summed E-state index contributed by atoms with van der Waals surface area (Å²) in [6.45, 7) is 7.75. The second-order valence-corrected chi connectivity index (χ2v) is 8.09. The van der Waals surface area contributed by atoms with Crippen LogP contribution in [0.1, 0.15) is 44.3 Å². The Morgan fingerprint density at radius 1 is 1.13 bits per heavy atom. The summed E-state index contributed by atoms with van der Waals surface area (Å²) in [7, 11) is 0. The van der Waals surface area contributed by atoms with E-state index in [1.165, 1.54) is 17.8 Å². The van der Waals surface area contributed by atoms with Gasteiger partial charge in [-0.05, 0) is 51.5 Å². The molecular weight excluding hydrogens is 403 g/mol. The highest BCUT2D eigenvalue weighted by atomic mass is 32.2. The van der Waals surface area contributed by atoms with Gasteiger partial charge in [0, 0.05) is 11.7 Å². The molecule has 3 aromatic rings. The predicted molar refractivity (Wildman–Crippen MR) is 116 cm³/mol. The lowest BCUT2D eigenvalue weighted by Crippen LogP contribution is -2.17. The van der Waals surface area contributed by atoms with Crippen LogP contribution in [0, 0.1) is 12.7 Å². The van der Waals surface area contributed by atoms with Gasteiger partial charge in [0.1, 0.15) is 0 Å². The van der Waals surface area contributed by atoms with E-state index in [1.54, 1.807) is 25.1 Å². The zero-order valence-electron chi connectivity index (χ0n) is 17.4. The molecule has 0 aliphatic carbocycles. The maximum atomic E-state index is 13.9. The summed E-state index contributed by atoms with van der Waals surface area (Å²) in [5.41, 5.74) is 1.80. The molecule has 30 heavy (non-hydrogen) atoms. The fourth-order valence-electron chi connectivity index (χ4n) is 2.96. The molecule has 158 valence electrons. The third kappa shape index (κ3) is 5.18. The van der Waals surface area contributed by atoms with E-state index in [4.69, 9.17) is 4.74 Å². The molecule has 0 bridgehead atoms. The number of anilines is 1. The molecule has 1 N–H and O–H groups in total. The van der Waals surface area contributed by atoms with Crippen LogP contribution in [0.4, 0.5) is 10.1 Å². The smallest absolute Gasteiger partial charge is 0.234 e. The molecule has 1 aromatic heterocycles. The molecule has 3 rings (SSSR count). The highest BCUT2D eigenvalue weighted by molar-refractivity contribution is 7.99. The molecule has 0 saturated heterocycles. The Bertz CT molecular complexity index is 1020. The average Bonchev–Trinajstić information content (AvgIpc) is 3.14. The van der Waals surface area contributed by atoms with E-state index in [1.807, 2.05) is 49.6 Å². The molecule has 1 amide bonds. The summed E-state index contributed by atoms with van der Waals surface area (Å²) >= 11 is 1.30. The first-order valence-electron chi connectivity index (χ1n) is 9.71. The number of carbonyl (C=O) groups is 1. The maximum absolute atomic E-state index is 13.9. The van der Waals surface area contributed by atoms with E-state index in [0.717, 1.165) is 11.3 Å². The second kappa shape index (κ2) is 9.75. The van der Waals surface area contributed by atoms with Gasteiger partial charge in [-0.2, -0.15) is 0 Å². The zero-order valence-corrected chi connectivity index (χ0v) is 18.2. The van der Waals surface area contributed by atoms with Crippen LogP contribution in [-0.2, 0) is 4.79 Å². The molecule has 1 unspecified atom stereocenters. The van der Waals surface area contributed by atoms with Gasteiger partial charge < -0.3 is 14.6 Å². The van der Waals surface area contributed by atoms with Crippen molar-refractivity contribution in [3.63, 3.8) is 0 Å². The molecule has 0 spiro atoms. The largest absolute Gasteiger partial charge is 0.480 e. The molecule has 8 heteroatoms. The van der Waals surface area contributed by atoms with Gasteiger partial charge in [-0.3, -0.25) is 4.79 Å². The number of rotatable bonds is 8. The number of aromatic nitrogens is 3. The van der Waals surface area contributed by atoms with Gasteiger partial charge in [0.05, 0.1) is 5.75 Å². The number of nitrogens with zero attached hydrogens (tertiary/aromatic N) is 3. The zero-order chi connectivity index (χ0) is 21.7. The first-order valence-corrected chi connectivity index (χ1v) is 10.7. The SMILES string of the molecule is Cc1ccccc1NC(=O)CSc1nnc(C(C)Oc2ccccc2F)n1C(C)C. The number of thioether (sulfide) groups is 1. The molecule has 0 aliphatic heterocycles. The van der Waals surface area contributed by atoms with Gasteiger partial charge >= 0.3 is 0 Å². The van der Waals surface area contributed by atoms with Gasteiger partial charge in [0.2, 0.25) is 5.91 Å². The fourth-order valence-corrected chi connectivity index (χ4v) is 3.84. The van der Waals surface area contributed by atoms with Crippen molar-refractivity contribution in [2.24, 2.45) is 0 Å². The lowest BCUT2D eigenvalue weighted by Gasteiger charge is -2.19. The molecule has 0 radical (unpaired) electrons. The monoisotopic (exact) mass is 428 g/mol. The molecule has 2 aromatic carbocycles. The van der Waals surface area contributed by atoms with Gasteiger partial charge in [0.15, 0.2) is 28.7 Å². The van der Waals surface area contributed by atoms with Gasteiger partial charge in [-0.25, -0.2) is 4.39 Å². The normalized spacial score (nSPS) is 12.1. The van der Waals surface area contributed by atoms with Crippen molar-refractivity contribution in [3.05, 3.63) is 65.7 Å². The highest BCUT2D eigenvalue weighted by Crippen LogP contribution is 2.28. The van der Waals surface area contributed by atoms with E-state index in [-0.39, 0.29) is 23.5 Å². The first kappa shape index (κ1) is 21.8. The number of nitrogens with one attached hydrogen (secondary N) is 1. The summed E-state index contributed by atoms with van der Waals surface area (Å²) in [4.78, 5) is 12.4. The van der Waals surface area contributed by atoms with E-state index < -0.39 is 11.9 Å². The van der Waals surface area contributed by atoms with Gasteiger partial charge in [-0.1, -0.05) is 42.1 Å². The Kier molecular flexibility index (Phi) is 7.10. The van der Waals surface area contributed by atoms with E-state index >= 15 is 0 Å². The van der Waals surface area contributed by atoms with Crippen molar-refractivity contribution < 1.29 is 13.9 Å². The van der Waals surface area contributed by atoms with Gasteiger partial charge in [-0.15, -0.1) is 10.2 Å².